The highest BCUT2D eigenvalue weighted by molar-refractivity contribution is 6.30. The highest BCUT2D eigenvalue weighted by atomic mass is 35.5. The Balaban J connectivity index is 1.51. The lowest BCUT2D eigenvalue weighted by molar-refractivity contribution is -0.123. The lowest BCUT2D eigenvalue weighted by Crippen LogP contribution is -2.24. The maximum atomic E-state index is 11.9. The number of hydrazone groups is 1. The molecule has 0 bridgehead atoms. The standard InChI is InChI=1S/C24H23ClN2O4/c1-17-3-5-18(6-4-17)15-31-22-12-7-19(13-23(22)29-2)14-26-27-24(28)16-30-21-10-8-20(25)9-11-21/h3-14H,15-16H2,1-2H3,(H,27,28)/b26-14-. The molecule has 0 radical (unpaired) electrons. The van der Waals surface area contributed by atoms with Gasteiger partial charge >= 0.3 is 0 Å². The number of nitrogens with one attached hydrogen (secondary N) is 1. The molecule has 3 aromatic carbocycles. The minimum absolute atomic E-state index is 0.159. The summed E-state index contributed by atoms with van der Waals surface area (Å²) >= 11 is 5.81. The van der Waals surface area contributed by atoms with Gasteiger partial charge in [0, 0.05) is 5.02 Å². The summed E-state index contributed by atoms with van der Waals surface area (Å²) in [7, 11) is 1.57. The predicted octanol–water partition coefficient (Wildman–Crippen LogP) is 4.77. The van der Waals surface area contributed by atoms with Gasteiger partial charge in [-0.2, -0.15) is 5.10 Å². The molecule has 0 spiro atoms. The Hall–Kier alpha value is -3.51. The molecule has 0 aliphatic carbocycles. The van der Waals surface area contributed by atoms with Gasteiger partial charge in [-0.05, 0) is 60.5 Å². The van der Waals surface area contributed by atoms with Crippen molar-refractivity contribution in [2.24, 2.45) is 5.10 Å². The van der Waals surface area contributed by atoms with Crippen molar-refractivity contribution in [2.45, 2.75) is 13.5 Å². The van der Waals surface area contributed by atoms with Crippen molar-refractivity contribution in [3.63, 3.8) is 0 Å². The van der Waals surface area contributed by atoms with Gasteiger partial charge in [-0.15, -0.1) is 0 Å². The molecule has 0 saturated heterocycles. The molecule has 0 unspecified atom stereocenters. The number of benzene rings is 3. The number of ether oxygens (including phenoxy) is 3. The highest BCUT2D eigenvalue weighted by Gasteiger charge is 2.06. The van der Waals surface area contributed by atoms with Crippen LogP contribution in [0, 0.1) is 6.92 Å². The molecule has 0 heterocycles. The Morgan fingerprint density at radius 3 is 2.45 bits per heavy atom. The summed E-state index contributed by atoms with van der Waals surface area (Å²) in [5, 5.41) is 4.55. The van der Waals surface area contributed by atoms with Crippen LogP contribution in [0.5, 0.6) is 17.2 Å². The van der Waals surface area contributed by atoms with Crippen molar-refractivity contribution in [3.8, 4) is 17.2 Å². The molecule has 3 rings (SSSR count). The van der Waals surface area contributed by atoms with Crippen LogP contribution in [0.15, 0.2) is 71.8 Å². The zero-order chi connectivity index (χ0) is 22.1. The molecule has 0 fully saturated rings. The normalized spacial score (nSPS) is 10.7. The van der Waals surface area contributed by atoms with Crippen LogP contribution in [0.2, 0.25) is 5.02 Å². The van der Waals surface area contributed by atoms with Gasteiger partial charge in [-0.25, -0.2) is 5.43 Å². The fourth-order valence-corrected chi connectivity index (χ4v) is 2.75. The topological polar surface area (TPSA) is 69.2 Å². The van der Waals surface area contributed by atoms with Gasteiger partial charge in [0.25, 0.3) is 5.91 Å². The van der Waals surface area contributed by atoms with Crippen LogP contribution in [0.25, 0.3) is 0 Å². The molecular formula is C24H23ClN2O4. The second-order valence-corrected chi connectivity index (χ2v) is 7.16. The van der Waals surface area contributed by atoms with Gasteiger partial charge < -0.3 is 14.2 Å². The van der Waals surface area contributed by atoms with Crippen LogP contribution in [0.3, 0.4) is 0 Å². The molecule has 0 saturated carbocycles. The first kappa shape index (κ1) is 22.2. The van der Waals surface area contributed by atoms with Crippen molar-refractivity contribution in [1.82, 2.24) is 5.43 Å². The quantitative estimate of drug-likeness (QED) is 0.386. The van der Waals surface area contributed by atoms with Gasteiger partial charge in [-0.3, -0.25) is 4.79 Å². The van der Waals surface area contributed by atoms with Crippen molar-refractivity contribution in [1.29, 1.82) is 0 Å². The van der Waals surface area contributed by atoms with Gasteiger partial charge in [0.05, 0.1) is 13.3 Å². The van der Waals surface area contributed by atoms with Crippen molar-refractivity contribution < 1.29 is 19.0 Å². The third kappa shape index (κ3) is 7.04. The third-order valence-electron chi connectivity index (χ3n) is 4.29. The number of carbonyl (C=O) groups is 1. The Kier molecular flexibility index (Phi) is 7.90. The zero-order valence-corrected chi connectivity index (χ0v) is 18.1. The fraction of sp³-hybridized carbons (Fsp3) is 0.167. The van der Waals surface area contributed by atoms with E-state index in [1.165, 1.54) is 11.8 Å². The van der Waals surface area contributed by atoms with Crippen LogP contribution in [-0.4, -0.2) is 25.8 Å². The Morgan fingerprint density at radius 2 is 1.74 bits per heavy atom. The first-order chi connectivity index (χ1) is 15.0. The van der Waals surface area contributed by atoms with Gasteiger partial charge in [0.1, 0.15) is 12.4 Å². The third-order valence-corrected chi connectivity index (χ3v) is 4.54. The van der Waals surface area contributed by atoms with E-state index in [-0.39, 0.29) is 12.5 Å². The Bertz CT molecular complexity index is 1030. The number of hydrogen-bond donors (Lipinski definition) is 1. The maximum Gasteiger partial charge on any atom is 0.277 e. The van der Waals surface area contributed by atoms with Crippen LogP contribution >= 0.6 is 11.6 Å². The van der Waals surface area contributed by atoms with E-state index in [1.54, 1.807) is 43.5 Å². The fourth-order valence-electron chi connectivity index (χ4n) is 2.62. The number of amides is 1. The monoisotopic (exact) mass is 438 g/mol. The number of aryl methyl sites for hydroxylation is 1. The van der Waals surface area contributed by atoms with Gasteiger partial charge in [0.2, 0.25) is 0 Å². The van der Waals surface area contributed by atoms with Gasteiger partial charge in [-0.1, -0.05) is 41.4 Å². The molecule has 7 heteroatoms. The first-order valence-corrected chi connectivity index (χ1v) is 9.98. The lowest BCUT2D eigenvalue weighted by atomic mass is 10.2. The second kappa shape index (κ2) is 11.0. The van der Waals surface area contributed by atoms with Crippen LogP contribution in [-0.2, 0) is 11.4 Å². The number of methoxy groups -OCH3 is 1. The van der Waals surface area contributed by atoms with E-state index in [0.29, 0.717) is 28.9 Å². The largest absolute Gasteiger partial charge is 0.493 e. The van der Waals surface area contributed by atoms with Gasteiger partial charge in [0.15, 0.2) is 18.1 Å². The van der Waals surface area contributed by atoms with E-state index >= 15 is 0 Å². The Labute approximate surface area is 186 Å². The number of halogens is 1. The molecule has 6 nitrogen and oxygen atoms in total. The second-order valence-electron chi connectivity index (χ2n) is 6.72. The minimum Gasteiger partial charge on any atom is -0.493 e. The average molecular weight is 439 g/mol. The van der Waals surface area contributed by atoms with E-state index in [4.69, 9.17) is 25.8 Å². The number of rotatable bonds is 9. The molecular weight excluding hydrogens is 416 g/mol. The Morgan fingerprint density at radius 1 is 1.00 bits per heavy atom. The van der Waals surface area contributed by atoms with Crippen molar-refractivity contribution in [2.75, 3.05) is 13.7 Å². The van der Waals surface area contributed by atoms with Crippen LogP contribution < -0.4 is 19.6 Å². The molecule has 3 aromatic rings. The molecule has 0 atom stereocenters. The summed E-state index contributed by atoms with van der Waals surface area (Å²) < 4.78 is 16.6. The van der Waals surface area contributed by atoms with E-state index in [9.17, 15) is 4.79 Å². The summed E-state index contributed by atoms with van der Waals surface area (Å²) in [6.45, 7) is 2.32. The van der Waals surface area contributed by atoms with Crippen molar-refractivity contribution in [3.05, 3.63) is 88.4 Å². The van der Waals surface area contributed by atoms with E-state index in [0.717, 1.165) is 11.1 Å². The number of carbonyl (C=O) groups excluding carboxylic acids is 1. The molecule has 31 heavy (non-hydrogen) atoms. The molecule has 160 valence electrons. The first-order valence-electron chi connectivity index (χ1n) is 9.60. The summed E-state index contributed by atoms with van der Waals surface area (Å²) in [6.07, 6.45) is 1.52. The molecule has 0 aliphatic heterocycles. The van der Waals surface area contributed by atoms with Crippen LogP contribution in [0.4, 0.5) is 0 Å². The molecule has 0 aromatic heterocycles. The maximum absolute atomic E-state index is 11.9. The summed E-state index contributed by atoms with van der Waals surface area (Å²) in [6, 6.07) is 20.3. The molecule has 0 aliphatic rings. The van der Waals surface area contributed by atoms with E-state index in [2.05, 4.69) is 10.5 Å². The summed E-state index contributed by atoms with van der Waals surface area (Å²) in [4.78, 5) is 11.9. The summed E-state index contributed by atoms with van der Waals surface area (Å²) in [5.74, 6) is 1.37. The predicted molar refractivity (Wildman–Crippen MR) is 121 cm³/mol. The zero-order valence-electron chi connectivity index (χ0n) is 17.3. The molecule has 1 amide bonds. The van der Waals surface area contributed by atoms with E-state index < -0.39 is 0 Å². The van der Waals surface area contributed by atoms with Crippen LogP contribution in [0.1, 0.15) is 16.7 Å². The van der Waals surface area contributed by atoms with Crippen molar-refractivity contribution >= 4 is 23.7 Å². The smallest absolute Gasteiger partial charge is 0.277 e. The number of hydrogen-bond acceptors (Lipinski definition) is 5. The minimum atomic E-state index is -0.379. The highest BCUT2D eigenvalue weighted by Crippen LogP contribution is 2.28. The average Bonchev–Trinajstić information content (AvgIpc) is 2.78. The SMILES string of the molecule is COc1cc(/C=N\NC(=O)COc2ccc(Cl)cc2)ccc1OCc1ccc(C)cc1. The lowest BCUT2D eigenvalue weighted by Gasteiger charge is -2.11. The summed E-state index contributed by atoms with van der Waals surface area (Å²) in [5.41, 5.74) is 5.45. The van der Waals surface area contributed by atoms with E-state index in [1.807, 2.05) is 37.3 Å². The number of nitrogens with zero attached hydrogens (tertiary/aromatic N) is 1. The molecule has 1 N–H and O–H groups in total.